The molecule has 2 rings (SSSR count). The van der Waals surface area contributed by atoms with E-state index in [1.165, 1.54) is 36.1 Å². The molecule has 1 saturated heterocycles. The van der Waals surface area contributed by atoms with Gasteiger partial charge in [-0.3, -0.25) is 14.4 Å². The minimum atomic E-state index is -1.14. The maximum Gasteiger partial charge on any atom is 0.326 e. The predicted octanol–water partition coefficient (Wildman–Crippen LogP) is 1.30. The van der Waals surface area contributed by atoms with Crippen LogP contribution in [0, 0.1) is 17.7 Å². The Kier molecular flexibility index (Phi) is 7.30. The highest BCUT2D eigenvalue weighted by atomic mass is 19.1. The summed E-state index contributed by atoms with van der Waals surface area (Å²) in [4.78, 5) is 49.7. The molecule has 0 saturated carbocycles. The molecule has 1 aromatic carbocycles. The van der Waals surface area contributed by atoms with Gasteiger partial charge in [0.2, 0.25) is 17.7 Å². The molecule has 1 aromatic rings. The van der Waals surface area contributed by atoms with Gasteiger partial charge in [0.15, 0.2) is 0 Å². The summed E-state index contributed by atoms with van der Waals surface area (Å²) in [5.41, 5.74) is 0.496. The molecular weight excluding hydrogens is 381 g/mol. The Hall–Kier alpha value is -2.97. The minimum absolute atomic E-state index is 0.0251. The maximum absolute atomic E-state index is 13.1. The van der Waals surface area contributed by atoms with Crippen LogP contribution in [0.4, 0.5) is 10.1 Å². The zero-order valence-corrected chi connectivity index (χ0v) is 16.6. The molecule has 1 aliphatic heterocycles. The standard InChI is InChI=1S/C20H26FN3O5/c1-11(2)8-16(20(28)29)23-18(26)12(3)22-19(27)13-9-17(25)24(10-13)15-6-4-14(21)5-7-15/h4-7,11-13,16H,8-10H2,1-3H3,(H,22,27)(H,23,26)(H,28,29)/t12-,13-,16-/m0/s1. The van der Waals surface area contributed by atoms with E-state index in [1.54, 1.807) is 0 Å². The lowest BCUT2D eigenvalue weighted by Crippen LogP contribution is -2.51. The molecule has 9 heteroatoms. The van der Waals surface area contributed by atoms with E-state index in [-0.39, 0.29) is 31.2 Å². The van der Waals surface area contributed by atoms with E-state index in [0.29, 0.717) is 5.69 Å². The molecule has 1 fully saturated rings. The van der Waals surface area contributed by atoms with E-state index in [0.717, 1.165) is 0 Å². The van der Waals surface area contributed by atoms with E-state index >= 15 is 0 Å². The van der Waals surface area contributed by atoms with Gasteiger partial charge in [-0.2, -0.15) is 0 Å². The Balaban J connectivity index is 1.93. The maximum atomic E-state index is 13.1. The van der Waals surface area contributed by atoms with E-state index < -0.39 is 41.6 Å². The van der Waals surface area contributed by atoms with Gasteiger partial charge in [-0.25, -0.2) is 9.18 Å². The molecule has 0 spiro atoms. The van der Waals surface area contributed by atoms with Crippen LogP contribution in [-0.4, -0.2) is 47.4 Å². The van der Waals surface area contributed by atoms with E-state index in [2.05, 4.69) is 10.6 Å². The Morgan fingerprint density at radius 2 is 1.79 bits per heavy atom. The number of rotatable bonds is 8. The van der Waals surface area contributed by atoms with E-state index in [1.807, 2.05) is 13.8 Å². The zero-order chi connectivity index (χ0) is 21.7. The van der Waals surface area contributed by atoms with E-state index in [9.17, 15) is 28.7 Å². The van der Waals surface area contributed by atoms with Crippen LogP contribution in [0.3, 0.4) is 0 Å². The average molecular weight is 407 g/mol. The molecule has 0 aromatic heterocycles. The van der Waals surface area contributed by atoms with Gasteiger partial charge in [0.1, 0.15) is 17.9 Å². The second kappa shape index (κ2) is 9.49. The highest BCUT2D eigenvalue weighted by Gasteiger charge is 2.36. The molecule has 29 heavy (non-hydrogen) atoms. The lowest BCUT2D eigenvalue weighted by atomic mass is 10.0. The van der Waals surface area contributed by atoms with Crippen molar-refractivity contribution in [1.29, 1.82) is 0 Å². The number of amides is 3. The summed E-state index contributed by atoms with van der Waals surface area (Å²) in [5, 5.41) is 14.2. The summed E-state index contributed by atoms with van der Waals surface area (Å²) in [6.07, 6.45) is 0.244. The summed E-state index contributed by atoms with van der Waals surface area (Å²) in [7, 11) is 0. The number of aliphatic carboxylic acids is 1. The van der Waals surface area contributed by atoms with Gasteiger partial charge in [0.05, 0.1) is 5.92 Å². The molecule has 0 bridgehead atoms. The highest BCUT2D eigenvalue weighted by Crippen LogP contribution is 2.25. The quantitative estimate of drug-likeness (QED) is 0.601. The fraction of sp³-hybridized carbons (Fsp3) is 0.500. The van der Waals surface area contributed by atoms with Crippen molar-refractivity contribution in [3.63, 3.8) is 0 Å². The van der Waals surface area contributed by atoms with Gasteiger partial charge in [0, 0.05) is 18.7 Å². The Bertz CT molecular complexity index is 781. The normalized spacial score (nSPS) is 18.4. The molecule has 158 valence electrons. The average Bonchev–Trinajstić information content (AvgIpc) is 3.03. The third-order valence-electron chi connectivity index (χ3n) is 4.71. The van der Waals surface area contributed by atoms with Gasteiger partial charge in [0.25, 0.3) is 0 Å². The summed E-state index contributed by atoms with van der Waals surface area (Å²) in [5.74, 6) is -3.49. The molecule has 0 unspecified atom stereocenters. The summed E-state index contributed by atoms with van der Waals surface area (Å²) in [6.45, 7) is 5.26. The first kappa shape index (κ1) is 22.3. The van der Waals surface area contributed by atoms with Crippen LogP contribution in [-0.2, 0) is 19.2 Å². The largest absolute Gasteiger partial charge is 0.480 e. The fourth-order valence-corrected chi connectivity index (χ4v) is 3.14. The first-order chi connectivity index (χ1) is 13.6. The molecule has 3 amide bonds. The Morgan fingerprint density at radius 3 is 2.34 bits per heavy atom. The van der Waals surface area contributed by atoms with Crippen molar-refractivity contribution < 1.29 is 28.7 Å². The molecule has 0 aliphatic carbocycles. The lowest BCUT2D eigenvalue weighted by Gasteiger charge is -2.21. The second-order valence-electron chi connectivity index (χ2n) is 7.64. The van der Waals surface area contributed by atoms with Gasteiger partial charge in [-0.15, -0.1) is 0 Å². The van der Waals surface area contributed by atoms with Crippen LogP contribution in [0.25, 0.3) is 0 Å². The molecular formula is C20H26FN3O5. The number of hydrogen-bond donors (Lipinski definition) is 3. The number of carboxylic acid groups (broad SMARTS) is 1. The molecule has 1 aliphatic rings. The topological polar surface area (TPSA) is 116 Å². The van der Waals surface area contributed by atoms with Crippen molar-refractivity contribution in [2.75, 3.05) is 11.4 Å². The van der Waals surface area contributed by atoms with Crippen molar-refractivity contribution in [2.45, 2.75) is 45.7 Å². The number of carboxylic acids is 1. The van der Waals surface area contributed by atoms with Crippen LogP contribution in [0.2, 0.25) is 0 Å². The number of carbonyl (C=O) groups excluding carboxylic acids is 3. The lowest BCUT2D eigenvalue weighted by molar-refractivity contribution is -0.142. The predicted molar refractivity (Wildman–Crippen MR) is 103 cm³/mol. The molecule has 0 radical (unpaired) electrons. The van der Waals surface area contributed by atoms with Crippen LogP contribution in [0.1, 0.15) is 33.6 Å². The summed E-state index contributed by atoms with van der Waals surface area (Å²) >= 11 is 0. The monoisotopic (exact) mass is 407 g/mol. The second-order valence-corrected chi connectivity index (χ2v) is 7.64. The van der Waals surface area contributed by atoms with E-state index in [4.69, 9.17) is 0 Å². The van der Waals surface area contributed by atoms with Gasteiger partial charge < -0.3 is 20.6 Å². The summed E-state index contributed by atoms with van der Waals surface area (Å²) < 4.78 is 13.1. The van der Waals surface area contributed by atoms with Crippen LogP contribution < -0.4 is 15.5 Å². The minimum Gasteiger partial charge on any atom is -0.480 e. The smallest absolute Gasteiger partial charge is 0.326 e. The van der Waals surface area contributed by atoms with Gasteiger partial charge >= 0.3 is 5.97 Å². The fourth-order valence-electron chi connectivity index (χ4n) is 3.14. The highest BCUT2D eigenvalue weighted by molar-refractivity contribution is 6.01. The molecule has 8 nitrogen and oxygen atoms in total. The first-order valence-electron chi connectivity index (χ1n) is 9.48. The number of benzene rings is 1. The number of carbonyl (C=O) groups is 4. The van der Waals surface area contributed by atoms with Crippen LogP contribution in [0.15, 0.2) is 24.3 Å². The SMILES string of the molecule is CC(C)C[C@H](NC(=O)[C@H](C)NC(=O)[C@H]1CC(=O)N(c2ccc(F)cc2)C1)C(=O)O. The van der Waals surface area contributed by atoms with Crippen molar-refractivity contribution in [1.82, 2.24) is 10.6 Å². The van der Waals surface area contributed by atoms with Crippen molar-refractivity contribution in [3.8, 4) is 0 Å². The Labute approximate surface area is 168 Å². The van der Waals surface area contributed by atoms with Gasteiger partial charge in [-0.05, 0) is 43.5 Å². The number of nitrogens with zero attached hydrogens (tertiary/aromatic N) is 1. The number of halogens is 1. The third-order valence-corrected chi connectivity index (χ3v) is 4.71. The third kappa shape index (κ3) is 6.00. The van der Waals surface area contributed by atoms with Crippen LogP contribution in [0.5, 0.6) is 0 Å². The Morgan fingerprint density at radius 1 is 1.17 bits per heavy atom. The first-order valence-corrected chi connectivity index (χ1v) is 9.48. The van der Waals surface area contributed by atoms with Gasteiger partial charge in [-0.1, -0.05) is 13.8 Å². The van der Waals surface area contributed by atoms with Crippen molar-refractivity contribution in [2.24, 2.45) is 11.8 Å². The zero-order valence-electron chi connectivity index (χ0n) is 16.6. The van der Waals surface area contributed by atoms with Crippen LogP contribution >= 0.6 is 0 Å². The molecule has 3 N–H and O–H groups in total. The summed E-state index contributed by atoms with van der Waals surface area (Å²) in [6, 6.07) is 3.40. The van der Waals surface area contributed by atoms with Crippen molar-refractivity contribution in [3.05, 3.63) is 30.1 Å². The number of nitrogens with one attached hydrogen (secondary N) is 2. The molecule has 3 atom stereocenters. The van der Waals surface area contributed by atoms with Crippen molar-refractivity contribution >= 4 is 29.4 Å². The molecule has 1 heterocycles. The number of hydrogen-bond acceptors (Lipinski definition) is 4. The number of anilines is 1.